The zero-order valence-corrected chi connectivity index (χ0v) is 15.2. The van der Waals surface area contributed by atoms with E-state index in [1.807, 2.05) is 6.20 Å². The monoisotopic (exact) mass is 327 g/mol. The van der Waals surface area contributed by atoms with Gasteiger partial charge in [0, 0.05) is 24.0 Å². The normalized spacial score (nSPS) is 22.0. The molecule has 130 valence electrons. The molecule has 2 aromatic heterocycles. The lowest BCUT2D eigenvalue weighted by Gasteiger charge is -2.22. The predicted molar refractivity (Wildman–Crippen MR) is 94.8 cm³/mol. The molecule has 1 aliphatic carbocycles. The number of aromatic nitrogens is 4. The molecule has 1 atom stereocenters. The summed E-state index contributed by atoms with van der Waals surface area (Å²) in [6, 6.07) is 0.439. The van der Waals surface area contributed by atoms with E-state index in [4.69, 9.17) is 4.98 Å². The first-order chi connectivity index (χ1) is 11.5. The maximum absolute atomic E-state index is 4.95. The zero-order valence-electron chi connectivity index (χ0n) is 15.2. The second-order valence-electron chi connectivity index (χ2n) is 8.35. The lowest BCUT2D eigenvalue weighted by molar-refractivity contribution is 0.240. The van der Waals surface area contributed by atoms with Crippen molar-refractivity contribution in [3.8, 4) is 0 Å². The first kappa shape index (κ1) is 15.9. The summed E-state index contributed by atoms with van der Waals surface area (Å²) in [4.78, 5) is 11.2. The molecule has 4 rings (SSSR count). The van der Waals surface area contributed by atoms with E-state index in [9.17, 15) is 0 Å². The van der Waals surface area contributed by atoms with E-state index < -0.39 is 0 Å². The van der Waals surface area contributed by atoms with Crippen molar-refractivity contribution in [3.05, 3.63) is 35.2 Å². The Hall–Kier alpha value is -1.62. The second-order valence-corrected chi connectivity index (χ2v) is 8.35. The number of nitrogens with one attached hydrogen (secondary N) is 1. The highest BCUT2D eigenvalue weighted by molar-refractivity contribution is 5.20. The van der Waals surface area contributed by atoms with Gasteiger partial charge in [0.25, 0.3) is 0 Å². The molecular weight excluding hydrogens is 298 g/mol. The number of hydrogen-bond acceptors (Lipinski definition) is 3. The number of aromatic amines is 1. The molecule has 2 aliphatic rings. The molecule has 1 aliphatic heterocycles. The van der Waals surface area contributed by atoms with E-state index >= 15 is 0 Å². The quantitative estimate of drug-likeness (QED) is 0.937. The SMILES string of the molecule is CC(C)(C)n1cc(CN2CCC[C@H]2c2nc3c([nH]2)CCCC3)cn1. The van der Waals surface area contributed by atoms with Crippen molar-refractivity contribution in [2.45, 2.75) is 77.4 Å². The van der Waals surface area contributed by atoms with E-state index in [0.29, 0.717) is 6.04 Å². The smallest absolute Gasteiger partial charge is 0.124 e. The van der Waals surface area contributed by atoms with E-state index in [2.05, 4.69) is 46.6 Å². The van der Waals surface area contributed by atoms with Gasteiger partial charge in [0.15, 0.2) is 0 Å². The highest BCUT2D eigenvalue weighted by Gasteiger charge is 2.30. The van der Waals surface area contributed by atoms with Crippen LogP contribution in [0.4, 0.5) is 0 Å². The second kappa shape index (κ2) is 6.03. The lowest BCUT2D eigenvalue weighted by atomic mass is 10.0. The highest BCUT2D eigenvalue weighted by atomic mass is 15.3. The largest absolute Gasteiger partial charge is 0.344 e. The fourth-order valence-corrected chi connectivity index (χ4v) is 4.00. The molecule has 0 saturated carbocycles. The van der Waals surface area contributed by atoms with Gasteiger partial charge in [-0.25, -0.2) is 4.98 Å². The van der Waals surface area contributed by atoms with Crippen molar-refractivity contribution in [1.82, 2.24) is 24.6 Å². The molecule has 1 N–H and O–H groups in total. The molecular formula is C19H29N5. The Bertz CT molecular complexity index is 682. The fourth-order valence-electron chi connectivity index (χ4n) is 4.00. The van der Waals surface area contributed by atoms with Gasteiger partial charge in [-0.1, -0.05) is 0 Å². The highest BCUT2D eigenvalue weighted by Crippen LogP contribution is 2.33. The molecule has 0 radical (unpaired) electrons. The molecule has 0 aromatic carbocycles. The maximum Gasteiger partial charge on any atom is 0.124 e. The van der Waals surface area contributed by atoms with Gasteiger partial charge in [-0.15, -0.1) is 0 Å². The fraction of sp³-hybridized carbons (Fsp3) is 0.684. The van der Waals surface area contributed by atoms with Gasteiger partial charge in [-0.05, 0) is 65.8 Å². The summed E-state index contributed by atoms with van der Waals surface area (Å²) in [7, 11) is 0. The Labute approximate surface area is 144 Å². The van der Waals surface area contributed by atoms with Crippen molar-refractivity contribution in [2.24, 2.45) is 0 Å². The van der Waals surface area contributed by atoms with Crippen LogP contribution in [0.5, 0.6) is 0 Å². The Morgan fingerprint density at radius 3 is 2.79 bits per heavy atom. The van der Waals surface area contributed by atoms with E-state index in [-0.39, 0.29) is 5.54 Å². The van der Waals surface area contributed by atoms with Crippen LogP contribution < -0.4 is 0 Å². The molecule has 1 saturated heterocycles. The molecule has 1 fully saturated rings. The summed E-state index contributed by atoms with van der Waals surface area (Å²) >= 11 is 0. The standard InChI is InChI=1S/C19H29N5/c1-19(2,3)24-13-14(11-20-24)12-23-10-6-9-17(23)18-21-15-7-4-5-8-16(15)22-18/h11,13,17H,4-10,12H2,1-3H3,(H,21,22)/t17-/m0/s1. The maximum atomic E-state index is 4.95. The third-order valence-corrected chi connectivity index (χ3v) is 5.36. The van der Waals surface area contributed by atoms with Crippen molar-refractivity contribution < 1.29 is 0 Å². The summed E-state index contributed by atoms with van der Waals surface area (Å²) in [6.45, 7) is 8.68. The van der Waals surface area contributed by atoms with Crippen LogP contribution in [-0.4, -0.2) is 31.2 Å². The van der Waals surface area contributed by atoms with Crippen LogP contribution in [0.15, 0.2) is 12.4 Å². The summed E-state index contributed by atoms with van der Waals surface area (Å²) in [6.07, 6.45) is 11.6. The first-order valence-electron chi connectivity index (χ1n) is 9.36. The van der Waals surface area contributed by atoms with Crippen molar-refractivity contribution in [1.29, 1.82) is 0 Å². The van der Waals surface area contributed by atoms with E-state index in [0.717, 1.165) is 19.5 Å². The van der Waals surface area contributed by atoms with Crippen molar-refractivity contribution in [2.75, 3.05) is 6.54 Å². The minimum atomic E-state index is 0.0444. The summed E-state index contributed by atoms with van der Waals surface area (Å²) < 4.78 is 2.07. The van der Waals surface area contributed by atoms with Crippen LogP contribution in [-0.2, 0) is 24.9 Å². The number of aryl methyl sites for hydroxylation is 2. The number of fused-ring (bicyclic) bond motifs is 1. The zero-order chi connectivity index (χ0) is 16.7. The van der Waals surface area contributed by atoms with Gasteiger partial charge in [-0.2, -0.15) is 5.10 Å². The van der Waals surface area contributed by atoms with Gasteiger partial charge < -0.3 is 4.98 Å². The molecule has 0 bridgehead atoms. The molecule has 2 aromatic rings. The Kier molecular flexibility index (Phi) is 3.99. The lowest BCUT2D eigenvalue weighted by Crippen LogP contribution is -2.24. The van der Waals surface area contributed by atoms with Crippen molar-refractivity contribution in [3.63, 3.8) is 0 Å². The van der Waals surface area contributed by atoms with Crippen LogP contribution in [0.2, 0.25) is 0 Å². The minimum Gasteiger partial charge on any atom is -0.344 e. The minimum absolute atomic E-state index is 0.0444. The molecule has 0 spiro atoms. The van der Waals surface area contributed by atoms with E-state index in [1.54, 1.807) is 0 Å². The average Bonchev–Trinajstić information content (AvgIpc) is 3.25. The van der Waals surface area contributed by atoms with Crippen LogP contribution >= 0.6 is 0 Å². The summed E-state index contributed by atoms with van der Waals surface area (Å²) in [5, 5.41) is 4.55. The van der Waals surface area contributed by atoms with Crippen molar-refractivity contribution >= 4 is 0 Å². The van der Waals surface area contributed by atoms with Crippen LogP contribution in [0.1, 0.15) is 75.3 Å². The molecule has 3 heterocycles. The number of hydrogen-bond donors (Lipinski definition) is 1. The Balaban J connectivity index is 1.50. The summed E-state index contributed by atoms with van der Waals surface area (Å²) in [5.74, 6) is 1.20. The number of nitrogens with zero attached hydrogens (tertiary/aromatic N) is 4. The van der Waals surface area contributed by atoms with Crippen LogP contribution in [0, 0.1) is 0 Å². The molecule has 5 heteroatoms. The van der Waals surface area contributed by atoms with Gasteiger partial charge in [-0.3, -0.25) is 9.58 Å². The molecule has 24 heavy (non-hydrogen) atoms. The summed E-state index contributed by atoms with van der Waals surface area (Å²) in [5.41, 5.74) is 4.06. The molecule has 5 nitrogen and oxygen atoms in total. The average molecular weight is 327 g/mol. The number of imidazole rings is 1. The third kappa shape index (κ3) is 3.02. The van der Waals surface area contributed by atoms with Gasteiger partial charge >= 0.3 is 0 Å². The van der Waals surface area contributed by atoms with Gasteiger partial charge in [0.2, 0.25) is 0 Å². The van der Waals surface area contributed by atoms with E-state index in [1.165, 1.54) is 54.9 Å². The Morgan fingerprint density at radius 1 is 1.21 bits per heavy atom. The number of rotatable bonds is 3. The topological polar surface area (TPSA) is 49.7 Å². The Morgan fingerprint density at radius 2 is 2.04 bits per heavy atom. The third-order valence-electron chi connectivity index (χ3n) is 5.36. The predicted octanol–water partition coefficient (Wildman–Crippen LogP) is 3.58. The van der Waals surface area contributed by atoms with Gasteiger partial charge in [0.1, 0.15) is 5.82 Å². The number of H-pyrrole nitrogens is 1. The first-order valence-corrected chi connectivity index (χ1v) is 9.36. The van der Waals surface area contributed by atoms with Gasteiger partial charge in [0.05, 0.1) is 23.5 Å². The molecule has 0 unspecified atom stereocenters. The van der Waals surface area contributed by atoms with Crippen LogP contribution in [0.3, 0.4) is 0 Å². The number of likely N-dealkylation sites (tertiary alicyclic amines) is 1. The molecule has 0 amide bonds. The van der Waals surface area contributed by atoms with Crippen LogP contribution in [0.25, 0.3) is 0 Å².